The molecule has 0 radical (unpaired) electrons. The van der Waals surface area contributed by atoms with E-state index >= 15 is 0 Å². The molecule has 6 nitrogen and oxygen atoms in total. The van der Waals surface area contributed by atoms with Crippen LogP contribution in [0.25, 0.3) is 11.0 Å². The van der Waals surface area contributed by atoms with E-state index < -0.39 is 5.97 Å². The lowest BCUT2D eigenvalue weighted by Crippen LogP contribution is -2.22. The van der Waals surface area contributed by atoms with Crippen LogP contribution in [0, 0.1) is 13.8 Å². The Morgan fingerprint density at radius 3 is 2.72 bits per heavy atom. The summed E-state index contributed by atoms with van der Waals surface area (Å²) in [5.74, 6) is -0.928. The summed E-state index contributed by atoms with van der Waals surface area (Å²) in [7, 11) is 1.81. The highest BCUT2D eigenvalue weighted by molar-refractivity contribution is 5.82. The van der Waals surface area contributed by atoms with E-state index in [-0.39, 0.29) is 18.5 Å². The van der Waals surface area contributed by atoms with Crippen LogP contribution in [-0.4, -0.2) is 25.4 Å². The average Bonchev–Trinajstić information content (AvgIpc) is 2.54. The maximum absolute atomic E-state index is 11.9. The smallest absolute Gasteiger partial charge is 0.305 e. The Balaban J connectivity index is 2.69. The number of aliphatic carboxylic acids is 1. The first kappa shape index (κ1) is 12.3. The molecule has 0 unspecified atom stereocenters. The highest BCUT2D eigenvalue weighted by atomic mass is 16.4. The fourth-order valence-corrected chi connectivity index (χ4v) is 2.10. The zero-order valence-electron chi connectivity index (χ0n) is 10.6. The average molecular weight is 249 g/mol. The molecule has 0 saturated heterocycles. The lowest BCUT2D eigenvalue weighted by Gasteiger charge is -2.06. The van der Waals surface area contributed by atoms with Gasteiger partial charge in [0.05, 0.1) is 6.42 Å². The van der Waals surface area contributed by atoms with Crippen LogP contribution in [0.3, 0.4) is 0 Å². The van der Waals surface area contributed by atoms with Gasteiger partial charge in [-0.2, -0.15) is 5.10 Å². The van der Waals surface area contributed by atoms with Gasteiger partial charge in [0, 0.05) is 30.7 Å². The summed E-state index contributed by atoms with van der Waals surface area (Å²) in [6.07, 6.45) is -0.0896. The Morgan fingerprint density at radius 1 is 1.44 bits per heavy atom. The van der Waals surface area contributed by atoms with Crippen molar-refractivity contribution in [2.45, 2.75) is 26.8 Å². The van der Waals surface area contributed by atoms with Crippen molar-refractivity contribution in [2.24, 2.45) is 7.05 Å². The van der Waals surface area contributed by atoms with Crippen LogP contribution in [-0.2, 0) is 18.4 Å². The molecule has 0 amide bonds. The monoisotopic (exact) mass is 249 g/mol. The number of aromatic nitrogens is 3. The molecule has 1 N–H and O–H groups in total. The predicted molar refractivity (Wildman–Crippen MR) is 66.7 cm³/mol. The number of aryl methyl sites for hydroxylation is 4. The molecule has 0 aliphatic rings. The number of pyridine rings is 1. The fraction of sp³-hybridized carbons (Fsp3) is 0.417. The predicted octanol–water partition coefficient (Wildman–Crippen LogP) is 0.827. The zero-order valence-corrected chi connectivity index (χ0v) is 10.6. The maximum atomic E-state index is 11.9. The maximum Gasteiger partial charge on any atom is 0.305 e. The molecule has 0 aromatic carbocycles. The van der Waals surface area contributed by atoms with E-state index in [1.165, 1.54) is 10.6 Å². The topological polar surface area (TPSA) is 77.1 Å². The molecule has 0 aliphatic heterocycles. The van der Waals surface area contributed by atoms with Crippen LogP contribution in [0.5, 0.6) is 0 Å². The van der Waals surface area contributed by atoms with Crippen LogP contribution in [0.15, 0.2) is 10.9 Å². The number of hydrogen-bond donors (Lipinski definition) is 1. The molecule has 0 spiro atoms. The Hall–Kier alpha value is -2.11. The van der Waals surface area contributed by atoms with Gasteiger partial charge in [0.2, 0.25) is 0 Å². The van der Waals surface area contributed by atoms with E-state index in [9.17, 15) is 9.59 Å². The lowest BCUT2D eigenvalue weighted by atomic mass is 10.1. The van der Waals surface area contributed by atoms with Crippen molar-refractivity contribution in [3.05, 3.63) is 27.7 Å². The van der Waals surface area contributed by atoms with Gasteiger partial charge in [-0.1, -0.05) is 0 Å². The number of carbonyl (C=O) groups is 1. The molecule has 2 heterocycles. The minimum atomic E-state index is -0.928. The second-order valence-corrected chi connectivity index (χ2v) is 4.37. The molecule has 0 atom stereocenters. The number of hydrogen-bond acceptors (Lipinski definition) is 3. The van der Waals surface area contributed by atoms with Crippen LogP contribution in [0.2, 0.25) is 0 Å². The van der Waals surface area contributed by atoms with Crippen molar-refractivity contribution >= 4 is 17.0 Å². The Bertz CT molecular complexity index is 682. The lowest BCUT2D eigenvalue weighted by molar-refractivity contribution is -0.137. The minimum absolute atomic E-state index is 0.0896. The Kier molecular flexibility index (Phi) is 2.94. The van der Waals surface area contributed by atoms with Gasteiger partial charge in [0.15, 0.2) is 5.65 Å². The largest absolute Gasteiger partial charge is 0.481 e. The third kappa shape index (κ3) is 1.90. The number of rotatable bonds is 3. The van der Waals surface area contributed by atoms with Crippen LogP contribution in [0.4, 0.5) is 0 Å². The first-order valence-electron chi connectivity index (χ1n) is 5.67. The van der Waals surface area contributed by atoms with E-state index in [4.69, 9.17) is 5.11 Å². The SMILES string of the molecule is Cc1cc(=O)n(CCC(=O)O)c2nn(C)c(C)c12. The normalized spacial score (nSPS) is 11.1. The molecule has 0 fully saturated rings. The second-order valence-electron chi connectivity index (χ2n) is 4.37. The summed E-state index contributed by atoms with van der Waals surface area (Å²) in [6.45, 7) is 3.93. The number of carboxylic acids is 1. The van der Waals surface area contributed by atoms with Crippen molar-refractivity contribution in [1.29, 1.82) is 0 Å². The molecule has 0 bridgehead atoms. The van der Waals surface area contributed by atoms with Crippen LogP contribution in [0.1, 0.15) is 17.7 Å². The van der Waals surface area contributed by atoms with E-state index in [2.05, 4.69) is 5.10 Å². The molecule has 0 aliphatic carbocycles. The molecular weight excluding hydrogens is 234 g/mol. The van der Waals surface area contributed by atoms with Gasteiger partial charge in [0.25, 0.3) is 5.56 Å². The minimum Gasteiger partial charge on any atom is -0.481 e. The summed E-state index contributed by atoms with van der Waals surface area (Å²) in [5.41, 5.74) is 2.18. The Morgan fingerprint density at radius 2 is 2.11 bits per heavy atom. The summed E-state index contributed by atoms with van der Waals surface area (Å²) >= 11 is 0. The second kappa shape index (κ2) is 4.29. The van der Waals surface area contributed by atoms with Crippen molar-refractivity contribution < 1.29 is 9.90 Å². The van der Waals surface area contributed by atoms with Crippen molar-refractivity contribution in [3.8, 4) is 0 Å². The summed E-state index contributed by atoms with van der Waals surface area (Å²) < 4.78 is 3.12. The van der Waals surface area contributed by atoms with Gasteiger partial charge in [-0.3, -0.25) is 18.8 Å². The number of nitrogens with zero attached hydrogens (tertiary/aromatic N) is 3. The molecule has 96 valence electrons. The number of fused-ring (bicyclic) bond motifs is 1. The molecule has 6 heteroatoms. The van der Waals surface area contributed by atoms with Gasteiger partial charge in [-0.25, -0.2) is 0 Å². The third-order valence-corrected chi connectivity index (χ3v) is 3.12. The van der Waals surface area contributed by atoms with Gasteiger partial charge >= 0.3 is 5.97 Å². The highest BCUT2D eigenvalue weighted by Gasteiger charge is 2.14. The molecule has 18 heavy (non-hydrogen) atoms. The highest BCUT2D eigenvalue weighted by Crippen LogP contribution is 2.19. The molecule has 2 aromatic heterocycles. The first-order valence-corrected chi connectivity index (χ1v) is 5.67. The van der Waals surface area contributed by atoms with Crippen molar-refractivity contribution in [1.82, 2.24) is 14.3 Å². The third-order valence-electron chi connectivity index (χ3n) is 3.12. The summed E-state index contributed by atoms with van der Waals surface area (Å²) in [4.78, 5) is 22.5. The quantitative estimate of drug-likeness (QED) is 0.873. The van der Waals surface area contributed by atoms with Gasteiger partial charge in [0.1, 0.15) is 0 Å². The standard InChI is InChI=1S/C12H15N3O3/c1-7-6-9(16)15(5-4-10(17)18)12-11(7)8(2)14(3)13-12/h6H,4-5H2,1-3H3,(H,17,18). The molecule has 2 rings (SSSR count). The molecule has 2 aromatic rings. The molecular formula is C12H15N3O3. The fourth-order valence-electron chi connectivity index (χ4n) is 2.10. The van der Waals surface area contributed by atoms with Crippen molar-refractivity contribution in [3.63, 3.8) is 0 Å². The van der Waals surface area contributed by atoms with Gasteiger partial charge < -0.3 is 5.11 Å². The van der Waals surface area contributed by atoms with Gasteiger partial charge in [-0.05, 0) is 19.4 Å². The van der Waals surface area contributed by atoms with Gasteiger partial charge in [-0.15, -0.1) is 0 Å². The summed E-state index contributed by atoms with van der Waals surface area (Å²) in [6, 6.07) is 1.53. The number of carboxylic acid groups (broad SMARTS) is 1. The Labute approximate surface area is 103 Å². The van der Waals surface area contributed by atoms with Crippen LogP contribution >= 0.6 is 0 Å². The van der Waals surface area contributed by atoms with E-state index in [1.807, 2.05) is 13.8 Å². The summed E-state index contributed by atoms with van der Waals surface area (Å²) in [5, 5.41) is 13.9. The van der Waals surface area contributed by atoms with Crippen LogP contribution < -0.4 is 5.56 Å². The van der Waals surface area contributed by atoms with E-state index in [0.717, 1.165) is 16.6 Å². The molecule has 0 saturated carbocycles. The first-order chi connectivity index (χ1) is 8.41. The van der Waals surface area contributed by atoms with E-state index in [0.29, 0.717) is 5.65 Å². The zero-order chi connectivity index (χ0) is 13.4. The van der Waals surface area contributed by atoms with Crippen molar-refractivity contribution in [2.75, 3.05) is 0 Å². The van der Waals surface area contributed by atoms with E-state index in [1.54, 1.807) is 11.7 Å².